The summed E-state index contributed by atoms with van der Waals surface area (Å²) >= 11 is 0. The summed E-state index contributed by atoms with van der Waals surface area (Å²) in [4.78, 5) is 65.5. The number of hydrogen-bond donors (Lipinski definition) is 5. The van der Waals surface area contributed by atoms with Crippen LogP contribution in [0.2, 0.25) is 0 Å². The van der Waals surface area contributed by atoms with Gasteiger partial charge in [-0.15, -0.1) is 0 Å². The zero-order valence-corrected chi connectivity index (χ0v) is 26.0. The second-order valence-corrected chi connectivity index (χ2v) is 13.2. The molecule has 42 heavy (non-hydrogen) atoms. The number of primary amides is 1. The van der Waals surface area contributed by atoms with Crippen LogP contribution in [-0.2, 0) is 19.2 Å². The van der Waals surface area contributed by atoms with Crippen LogP contribution >= 0.6 is 0 Å². The van der Waals surface area contributed by atoms with Gasteiger partial charge in [-0.25, -0.2) is 4.79 Å². The van der Waals surface area contributed by atoms with E-state index in [2.05, 4.69) is 21.3 Å². The second-order valence-electron chi connectivity index (χ2n) is 13.2. The Bertz CT molecular complexity index is 1130. The van der Waals surface area contributed by atoms with Gasteiger partial charge in [-0.05, 0) is 42.2 Å². The van der Waals surface area contributed by atoms with Crippen molar-refractivity contribution in [2.45, 2.75) is 91.8 Å². The van der Waals surface area contributed by atoms with Gasteiger partial charge in [0.2, 0.25) is 23.6 Å². The molecule has 2 rings (SSSR count). The lowest BCUT2D eigenvalue weighted by molar-refractivity contribution is -0.141. The van der Waals surface area contributed by atoms with Gasteiger partial charge in [0.25, 0.3) is 0 Å². The van der Waals surface area contributed by atoms with Crippen LogP contribution in [0.25, 0.3) is 0 Å². The quantitative estimate of drug-likeness (QED) is 0.235. The molecule has 234 valence electrons. The van der Waals surface area contributed by atoms with Crippen LogP contribution < -0.4 is 31.7 Å². The first-order chi connectivity index (χ1) is 19.5. The number of likely N-dealkylation sites (tertiary alicyclic amines) is 1. The zero-order valence-electron chi connectivity index (χ0n) is 26.0. The van der Waals surface area contributed by atoms with Crippen LogP contribution in [0, 0.1) is 10.8 Å². The maximum Gasteiger partial charge on any atom is 0.319 e. The molecule has 12 nitrogen and oxygen atoms in total. The van der Waals surface area contributed by atoms with E-state index in [0.717, 1.165) is 0 Å². The van der Waals surface area contributed by atoms with Crippen LogP contribution in [0.15, 0.2) is 24.3 Å². The predicted octanol–water partition coefficient (Wildman–Crippen LogP) is 2.53. The first kappa shape index (κ1) is 34.4. The van der Waals surface area contributed by atoms with Gasteiger partial charge in [0.15, 0.2) is 0 Å². The molecule has 0 radical (unpaired) electrons. The molecule has 1 aliphatic heterocycles. The molecule has 1 saturated heterocycles. The number of carbonyl (C=O) groups excluding carboxylic acids is 5. The molecular weight excluding hydrogens is 540 g/mol. The van der Waals surface area contributed by atoms with Crippen molar-refractivity contribution in [3.63, 3.8) is 0 Å². The van der Waals surface area contributed by atoms with E-state index in [1.54, 1.807) is 24.3 Å². The molecule has 0 saturated carbocycles. The fourth-order valence-corrected chi connectivity index (χ4v) is 4.76. The average Bonchev–Trinajstić information content (AvgIpc) is 3.27. The van der Waals surface area contributed by atoms with Gasteiger partial charge in [0.05, 0.1) is 13.2 Å². The van der Waals surface area contributed by atoms with Gasteiger partial charge < -0.3 is 36.6 Å². The number of urea groups is 1. The highest BCUT2D eigenvalue weighted by Crippen LogP contribution is 2.26. The molecule has 3 unspecified atom stereocenters. The van der Waals surface area contributed by atoms with Gasteiger partial charge >= 0.3 is 6.03 Å². The van der Waals surface area contributed by atoms with E-state index in [-0.39, 0.29) is 42.0 Å². The van der Waals surface area contributed by atoms with Gasteiger partial charge in [-0.2, -0.15) is 0 Å². The first-order valence-corrected chi connectivity index (χ1v) is 14.4. The molecule has 1 fully saturated rings. The van der Waals surface area contributed by atoms with Crippen molar-refractivity contribution in [2.24, 2.45) is 16.6 Å². The van der Waals surface area contributed by atoms with Crippen molar-refractivity contribution < 1.29 is 28.7 Å². The molecule has 0 bridgehead atoms. The Morgan fingerprint density at radius 3 is 2.31 bits per heavy atom. The molecule has 6 amide bonds. The fourth-order valence-electron chi connectivity index (χ4n) is 4.76. The van der Waals surface area contributed by atoms with Crippen LogP contribution in [0.5, 0.6) is 5.75 Å². The van der Waals surface area contributed by atoms with Crippen molar-refractivity contribution in [3.8, 4) is 5.75 Å². The number of rotatable bonds is 12. The average molecular weight is 589 g/mol. The second kappa shape index (κ2) is 14.9. The highest BCUT2D eigenvalue weighted by Gasteiger charge is 2.44. The van der Waals surface area contributed by atoms with Crippen LogP contribution in [0.1, 0.15) is 73.6 Å². The largest absolute Gasteiger partial charge is 0.497 e. The van der Waals surface area contributed by atoms with Crippen LogP contribution in [0.3, 0.4) is 0 Å². The summed E-state index contributed by atoms with van der Waals surface area (Å²) in [5.74, 6) is -1.06. The molecule has 3 atom stereocenters. The lowest BCUT2D eigenvalue weighted by Gasteiger charge is -2.31. The Hall–Kier alpha value is -3.83. The lowest BCUT2D eigenvalue weighted by Crippen LogP contribution is -2.58. The topological polar surface area (TPSA) is 172 Å². The van der Waals surface area contributed by atoms with E-state index in [0.29, 0.717) is 37.2 Å². The molecule has 1 aromatic carbocycles. The minimum atomic E-state index is -1.04. The number of ether oxygens (including phenoxy) is 1. The molecule has 0 aromatic heterocycles. The van der Waals surface area contributed by atoms with E-state index in [9.17, 15) is 24.0 Å². The Morgan fingerprint density at radius 1 is 1.05 bits per heavy atom. The number of anilines is 1. The predicted molar refractivity (Wildman–Crippen MR) is 161 cm³/mol. The molecule has 1 aromatic rings. The van der Waals surface area contributed by atoms with Crippen molar-refractivity contribution in [1.29, 1.82) is 0 Å². The summed E-state index contributed by atoms with van der Waals surface area (Å²) in [5.41, 5.74) is 5.62. The number of nitrogens with one attached hydrogen (secondary N) is 4. The van der Waals surface area contributed by atoms with Gasteiger partial charge in [0, 0.05) is 37.7 Å². The number of amides is 6. The van der Waals surface area contributed by atoms with E-state index in [1.807, 2.05) is 41.5 Å². The maximum absolute atomic E-state index is 13.6. The Morgan fingerprint density at radius 2 is 1.71 bits per heavy atom. The minimum absolute atomic E-state index is 0.0951. The third kappa shape index (κ3) is 11.6. The molecule has 6 N–H and O–H groups in total. The van der Waals surface area contributed by atoms with Crippen molar-refractivity contribution >= 4 is 35.3 Å². The summed E-state index contributed by atoms with van der Waals surface area (Å²) < 4.78 is 5.19. The van der Waals surface area contributed by atoms with Crippen molar-refractivity contribution in [3.05, 3.63) is 24.3 Å². The maximum atomic E-state index is 13.6. The number of carbonyl (C=O) groups is 5. The molecular formula is C30H48N6O6. The third-order valence-corrected chi connectivity index (χ3v) is 6.66. The summed E-state index contributed by atoms with van der Waals surface area (Å²) in [6, 6.07) is 3.52. The molecule has 0 spiro atoms. The Balaban J connectivity index is 2.12. The third-order valence-electron chi connectivity index (χ3n) is 6.66. The van der Waals surface area contributed by atoms with Crippen molar-refractivity contribution in [1.82, 2.24) is 20.9 Å². The van der Waals surface area contributed by atoms with Crippen LogP contribution in [0.4, 0.5) is 10.5 Å². The Labute approximate surface area is 248 Å². The molecule has 1 aliphatic rings. The summed E-state index contributed by atoms with van der Waals surface area (Å²) in [5, 5.41) is 11.1. The minimum Gasteiger partial charge on any atom is -0.497 e. The van der Waals surface area contributed by atoms with Crippen LogP contribution in [-0.4, -0.2) is 72.9 Å². The number of hydrogen-bond acceptors (Lipinski definition) is 6. The van der Waals surface area contributed by atoms with E-state index < -0.39 is 36.0 Å². The Kier molecular flexibility index (Phi) is 12.2. The number of methoxy groups -OCH3 is 1. The number of nitrogens with two attached hydrogens (primary N) is 1. The normalized spacial score (nSPS) is 17.6. The molecule has 1 heterocycles. The summed E-state index contributed by atoms with van der Waals surface area (Å²) in [7, 11) is 1.52. The van der Waals surface area contributed by atoms with Gasteiger partial charge in [0.1, 0.15) is 17.8 Å². The fraction of sp³-hybridized carbons (Fsp3) is 0.633. The smallest absolute Gasteiger partial charge is 0.319 e. The molecule has 0 aliphatic carbocycles. The van der Waals surface area contributed by atoms with E-state index in [1.165, 1.54) is 12.0 Å². The van der Waals surface area contributed by atoms with Gasteiger partial charge in [-0.1, -0.05) is 47.6 Å². The summed E-state index contributed by atoms with van der Waals surface area (Å²) in [6.45, 7) is 12.3. The van der Waals surface area contributed by atoms with E-state index >= 15 is 0 Å². The number of benzene rings is 1. The SMILES string of the molecule is COc1cccc(NC(=O)NC2CCN(C(=O)CC(C)(C)C)C2C(=O)NC(CCCNC(=O)CC(C)(C)C)C(N)=O)c1. The van der Waals surface area contributed by atoms with E-state index in [4.69, 9.17) is 10.5 Å². The van der Waals surface area contributed by atoms with Gasteiger partial charge in [-0.3, -0.25) is 19.2 Å². The first-order valence-electron chi connectivity index (χ1n) is 14.4. The highest BCUT2D eigenvalue weighted by atomic mass is 16.5. The zero-order chi connectivity index (χ0) is 31.7. The highest BCUT2D eigenvalue weighted by molar-refractivity contribution is 5.94. The lowest BCUT2D eigenvalue weighted by atomic mass is 9.91. The number of nitrogens with zero attached hydrogens (tertiary/aromatic N) is 1. The standard InChI is InChI=1S/C30H48N6O6/c1-29(2,3)17-23(37)32-14-9-12-22(26(31)39)34-27(40)25-21(13-15-36(25)24(38)18-30(4,5)6)35-28(41)33-19-10-8-11-20(16-19)42-7/h8,10-11,16,21-22,25H,9,12-15,17-18H2,1-7H3,(H2,31,39)(H,32,37)(H,34,40)(H2,33,35,41). The molecule has 12 heteroatoms. The van der Waals surface area contributed by atoms with Crippen molar-refractivity contribution in [2.75, 3.05) is 25.5 Å². The monoisotopic (exact) mass is 588 g/mol. The summed E-state index contributed by atoms with van der Waals surface area (Å²) in [6.07, 6.45) is 1.52.